The van der Waals surface area contributed by atoms with E-state index < -0.39 is 0 Å². The summed E-state index contributed by atoms with van der Waals surface area (Å²) in [5.74, 6) is 0.423. The largest absolute Gasteiger partial charge is 0.343 e. The molecule has 4 rings (SSSR count). The van der Waals surface area contributed by atoms with Crippen molar-refractivity contribution in [2.75, 3.05) is 13.1 Å². The van der Waals surface area contributed by atoms with Crippen LogP contribution in [0.25, 0.3) is 0 Å². The Kier molecular flexibility index (Phi) is 6.38. The monoisotopic (exact) mass is 397 g/mol. The Morgan fingerprint density at radius 1 is 0.733 bits per heavy atom. The van der Waals surface area contributed by atoms with Crippen LogP contribution in [0.2, 0.25) is 0 Å². The summed E-state index contributed by atoms with van der Waals surface area (Å²) < 4.78 is 0. The fourth-order valence-electron chi connectivity index (χ4n) is 4.33. The van der Waals surface area contributed by atoms with E-state index in [0.29, 0.717) is 19.5 Å². The van der Waals surface area contributed by atoms with Gasteiger partial charge in [0.2, 0.25) is 5.91 Å². The number of piperidine rings is 1. The highest BCUT2D eigenvalue weighted by atomic mass is 16.2. The standard InChI is InChI=1S/C27H27NO2/c29-26(20-25(21-10-4-1-5-11-21)22-12-6-2-7-13-22)28-18-16-24(17-19-28)27(30)23-14-8-3-9-15-23/h1-15,24-25H,16-20H2. The van der Waals surface area contributed by atoms with Crippen LogP contribution >= 0.6 is 0 Å². The van der Waals surface area contributed by atoms with Crippen LogP contribution in [-0.2, 0) is 4.79 Å². The molecule has 1 aliphatic heterocycles. The van der Waals surface area contributed by atoms with Crippen LogP contribution in [0, 0.1) is 5.92 Å². The second kappa shape index (κ2) is 9.53. The molecule has 3 aromatic carbocycles. The molecule has 0 N–H and O–H groups in total. The molecule has 0 atom stereocenters. The molecule has 3 aromatic rings. The molecule has 0 spiro atoms. The maximum Gasteiger partial charge on any atom is 0.223 e. The first-order chi connectivity index (χ1) is 14.7. The molecule has 1 amide bonds. The SMILES string of the molecule is O=C(c1ccccc1)C1CCN(C(=O)CC(c2ccccc2)c2ccccc2)CC1. The number of Topliss-reactive ketones (excluding diaryl/α,β-unsaturated/α-hetero) is 1. The van der Waals surface area contributed by atoms with Gasteiger partial charge in [0.05, 0.1) is 0 Å². The third-order valence-electron chi connectivity index (χ3n) is 6.06. The van der Waals surface area contributed by atoms with Crippen molar-refractivity contribution in [1.82, 2.24) is 4.90 Å². The van der Waals surface area contributed by atoms with Crippen LogP contribution in [0.15, 0.2) is 91.0 Å². The van der Waals surface area contributed by atoms with Crippen molar-refractivity contribution in [2.24, 2.45) is 5.92 Å². The van der Waals surface area contributed by atoms with Crippen molar-refractivity contribution in [2.45, 2.75) is 25.2 Å². The third-order valence-corrected chi connectivity index (χ3v) is 6.06. The van der Waals surface area contributed by atoms with Gasteiger partial charge in [0, 0.05) is 36.9 Å². The molecule has 1 saturated heterocycles. The van der Waals surface area contributed by atoms with Gasteiger partial charge in [-0.3, -0.25) is 9.59 Å². The van der Waals surface area contributed by atoms with E-state index in [1.807, 2.05) is 71.6 Å². The molecule has 0 bridgehead atoms. The Bertz CT molecular complexity index is 922. The Morgan fingerprint density at radius 3 is 1.70 bits per heavy atom. The van der Waals surface area contributed by atoms with Crippen LogP contribution in [0.1, 0.15) is 46.7 Å². The molecule has 152 valence electrons. The van der Waals surface area contributed by atoms with E-state index in [4.69, 9.17) is 0 Å². The summed E-state index contributed by atoms with van der Waals surface area (Å²) >= 11 is 0. The van der Waals surface area contributed by atoms with Gasteiger partial charge in [-0.15, -0.1) is 0 Å². The minimum atomic E-state index is 0.00972. The zero-order chi connectivity index (χ0) is 20.8. The third kappa shape index (κ3) is 4.68. The number of benzene rings is 3. The van der Waals surface area contributed by atoms with Crippen molar-refractivity contribution >= 4 is 11.7 Å². The van der Waals surface area contributed by atoms with Gasteiger partial charge in [0.1, 0.15) is 0 Å². The van der Waals surface area contributed by atoms with Gasteiger partial charge in [0.15, 0.2) is 5.78 Å². The molecular formula is C27H27NO2. The van der Waals surface area contributed by atoms with Crippen LogP contribution in [-0.4, -0.2) is 29.7 Å². The number of nitrogens with zero attached hydrogens (tertiary/aromatic N) is 1. The molecule has 0 radical (unpaired) electrons. The number of hydrogen-bond donors (Lipinski definition) is 0. The van der Waals surface area contributed by atoms with Crippen LogP contribution in [0.3, 0.4) is 0 Å². The van der Waals surface area contributed by atoms with Gasteiger partial charge in [-0.1, -0.05) is 91.0 Å². The number of amides is 1. The zero-order valence-corrected chi connectivity index (χ0v) is 17.1. The highest BCUT2D eigenvalue weighted by Crippen LogP contribution is 2.30. The number of ketones is 1. The topological polar surface area (TPSA) is 37.4 Å². The maximum atomic E-state index is 13.1. The first-order valence-electron chi connectivity index (χ1n) is 10.7. The lowest BCUT2D eigenvalue weighted by molar-refractivity contribution is -0.132. The molecule has 1 heterocycles. The van der Waals surface area contributed by atoms with Gasteiger partial charge in [-0.2, -0.15) is 0 Å². The number of hydrogen-bond acceptors (Lipinski definition) is 2. The van der Waals surface area contributed by atoms with Crippen LogP contribution < -0.4 is 0 Å². The lowest BCUT2D eigenvalue weighted by atomic mass is 9.86. The molecule has 0 saturated carbocycles. The summed E-state index contributed by atoms with van der Waals surface area (Å²) in [7, 11) is 0. The molecule has 3 heteroatoms. The van der Waals surface area contributed by atoms with Crippen molar-refractivity contribution in [3.63, 3.8) is 0 Å². The average Bonchev–Trinajstić information content (AvgIpc) is 2.83. The number of likely N-dealkylation sites (tertiary alicyclic amines) is 1. The number of rotatable bonds is 6. The summed E-state index contributed by atoms with van der Waals surface area (Å²) in [4.78, 5) is 27.8. The second-order valence-corrected chi connectivity index (χ2v) is 7.96. The zero-order valence-electron chi connectivity index (χ0n) is 17.1. The molecule has 0 aromatic heterocycles. The van der Waals surface area contributed by atoms with Crippen molar-refractivity contribution in [3.8, 4) is 0 Å². The highest BCUT2D eigenvalue weighted by molar-refractivity contribution is 5.98. The van der Waals surface area contributed by atoms with Gasteiger partial charge in [0.25, 0.3) is 0 Å². The lowest BCUT2D eigenvalue weighted by Gasteiger charge is -2.32. The summed E-state index contributed by atoms with van der Waals surface area (Å²) in [6.07, 6.45) is 1.92. The first-order valence-corrected chi connectivity index (χ1v) is 10.7. The average molecular weight is 398 g/mol. The number of carbonyl (C=O) groups excluding carboxylic acids is 2. The molecule has 0 unspecified atom stereocenters. The van der Waals surface area contributed by atoms with E-state index in [1.165, 1.54) is 0 Å². The van der Waals surface area contributed by atoms with E-state index in [0.717, 1.165) is 29.5 Å². The first kappa shape index (κ1) is 20.1. The molecule has 30 heavy (non-hydrogen) atoms. The smallest absolute Gasteiger partial charge is 0.223 e. The van der Waals surface area contributed by atoms with Gasteiger partial charge >= 0.3 is 0 Å². The van der Waals surface area contributed by atoms with Crippen molar-refractivity contribution in [1.29, 1.82) is 0 Å². The molecule has 0 aliphatic carbocycles. The van der Waals surface area contributed by atoms with E-state index in [9.17, 15) is 9.59 Å². The molecule has 1 aliphatic rings. The predicted molar refractivity (Wildman–Crippen MR) is 119 cm³/mol. The van der Waals surface area contributed by atoms with Crippen LogP contribution in [0.4, 0.5) is 0 Å². The molecule has 3 nitrogen and oxygen atoms in total. The summed E-state index contributed by atoms with van der Waals surface area (Å²) in [6.45, 7) is 1.30. The Hall–Kier alpha value is -3.20. The van der Waals surface area contributed by atoms with E-state index in [2.05, 4.69) is 24.3 Å². The van der Waals surface area contributed by atoms with Crippen molar-refractivity contribution in [3.05, 3.63) is 108 Å². The fourth-order valence-corrected chi connectivity index (χ4v) is 4.33. The van der Waals surface area contributed by atoms with Gasteiger partial charge in [-0.05, 0) is 24.0 Å². The van der Waals surface area contributed by atoms with E-state index in [1.54, 1.807) is 0 Å². The minimum Gasteiger partial charge on any atom is -0.343 e. The predicted octanol–water partition coefficient (Wildman–Crippen LogP) is 5.33. The Balaban J connectivity index is 1.41. The lowest BCUT2D eigenvalue weighted by Crippen LogP contribution is -2.40. The normalized spacial score (nSPS) is 14.6. The minimum absolute atomic E-state index is 0.00972. The van der Waals surface area contributed by atoms with Crippen molar-refractivity contribution < 1.29 is 9.59 Å². The summed E-state index contributed by atoms with van der Waals surface area (Å²) in [6, 6.07) is 30.0. The second-order valence-electron chi connectivity index (χ2n) is 7.96. The van der Waals surface area contributed by atoms with E-state index in [-0.39, 0.29) is 23.5 Å². The summed E-state index contributed by atoms with van der Waals surface area (Å²) in [5, 5.41) is 0. The highest BCUT2D eigenvalue weighted by Gasteiger charge is 2.29. The molecule has 1 fully saturated rings. The fraction of sp³-hybridized carbons (Fsp3) is 0.259. The van der Waals surface area contributed by atoms with Crippen LogP contribution in [0.5, 0.6) is 0 Å². The van der Waals surface area contributed by atoms with Gasteiger partial charge in [-0.25, -0.2) is 0 Å². The Labute approximate surface area is 178 Å². The van der Waals surface area contributed by atoms with Gasteiger partial charge < -0.3 is 4.90 Å². The molecular weight excluding hydrogens is 370 g/mol. The number of carbonyl (C=O) groups is 2. The maximum absolute atomic E-state index is 13.1. The summed E-state index contributed by atoms with van der Waals surface area (Å²) in [5.41, 5.74) is 3.09. The van der Waals surface area contributed by atoms with E-state index >= 15 is 0 Å². The quantitative estimate of drug-likeness (QED) is 0.527. The Morgan fingerprint density at radius 2 is 1.20 bits per heavy atom.